The Kier molecular flexibility index (Phi) is 4.32. The lowest BCUT2D eigenvalue weighted by Gasteiger charge is -2.41. The minimum atomic E-state index is -2.13. The molecule has 2 heteroatoms. The molecule has 0 amide bonds. The van der Waals surface area contributed by atoms with E-state index < -0.39 is 7.38 Å². The molecule has 0 N–H and O–H groups in total. The summed E-state index contributed by atoms with van der Waals surface area (Å²) in [4.78, 5) is 0. The van der Waals surface area contributed by atoms with Crippen LogP contribution in [-0.2, 0) is 0 Å². The fourth-order valence-corrected chi connectivity index (χ4v) is 9.08. The largest absolute Gasteiger partial charge is 0.200 e. The highest BCUT2D eigenvalue weighted by molar-refractivity contribution is 7.29. The van der Waals surface area contributed by atoms with E-state index in [1.165, 1.54) is 21.9 Å². The van der Waals surface area contributed by atoms with Gasteiger partial charge in [-0.2, -0.15) is 11.1 Å². The summed E-state index contributed by atoms with van der Waals surface area (Å²) in [5.74, 6) is 0. The maximum absolute atomic E-state index is 7.40. The Hall–Kier alpha value is -0.793. The molecule has 0 aliphatic heterocycles. The van der Waals surface area contributed by atoms with Gasteiger partial charge in [0, 0.05) is 5.04 Å². The lowest BCUT2D eigenvalue weighted by molar-refractivity contribution is 0.848. The molecule has 0 saturated carbocycles. The van der Waals surface area contributed by atoms with Crippen LogP contribution in [0, 0.1) is 0 Å². The molecule has 0 heterocycles. The monoisotopic (exact) mass is 304 g/mol. The average Bonchev–Trinajstić information content (AvgIpc) is 2.65. The minimum Gasteiger partial charge on any atom is -0.160 e. The third-order valence-electron chi connectivity index (χ3n) is 5.09. The van der Waals surface area contributed by atoms with E-state index in [1.807, 2.05) is 0 Å². The van der Waals surface area contributed by atoms with E-state index in [2.05, 4.69) is 71.0 Å². The Morgan fingerprint density at radius 3 is 2.15 bits per heavy atom. The normalized spacial score (nSPS) is 25.6. The molecule has 0 aromatic heterocycles. The van der Waals surface area contributed by atoms with E-state index in [0.29, 0.717) is 0 Å². The van der Waals surface area contributed by atoms with E-state index in [4.69, 9.17) is 11.1 Å². The van der Waals surface area contributed by atoms with E-state index >= 15 is 0 Å². The van der Waals surface area contributed by atoms with Gasteiger partial charge >= 0.3 is 0 Å². The van der Waals surface area contributed by atoms with Crippen molar-refractivity contribution in [3.8, 4) is 0 Å². The average molecular weight is 305 g/mol. The number of halogens is 1. The molecule has 1 aromatic carbocycles. The molecule has 108 valence electrons. The first-order valence-corrected chi connectivity index (χ1v) is 10.7. The predicted molar refractivity (Wildman–Crippen MR) is 93.3 cm³/mol. The molecule has 0 bridgehead atoms. The molecule has 1 aliphatic carbocycles. The number of hydrogen-bond acceptors (Lipinski definition) is 0. The Labute approximate surface area is 129 Å². The molecule has 2 unspecified atom stereocenters. The van der Waals surface area contributed by atoms with Crippen LogP contribution in [0.15, 0.2) is 53.1 Å². The van der Waals surface area contributed by atoms with Gasteiger partial charge in [-0.05, 0) is 37.6 Å². The zero-order chi connectivity index (χ0) is 15.0. The second-order valence-corrected chi connectivity index (χ2v) is 11.9. The van der Waals surface area contributed by atoms with Gasteiger partial charge in [-0.15, -0.1) is 0 Å². The zero-order valence-corrected chi connectivity index (χ0v) is 15.0. The third-order valence-corrected chi connectivity index (χ3v) is 12.1. The molecule has 0 fully saturated rings. The minimum absolute atomic E-state index is 0.0279. The number of hydrogen-bond donors (Lipinski definition) is 0. The van der Waals surface area contributed by atoms with Crippen molar-refractivity contribution in [2.45, 2.75) is 52.1 Å². The molecule has 20 heavy (non-hydrogen) atoms. The second kappa shape index (κ2) is 5.54. The van der Waals surface area contributed by atoms with Gasteiger partial charge in [-0.3, -0.25) is 0 Å². The van der Waals surface area contributed by atoms with Crippen molar-refractivity contribution in [2.24, 2.45) is 0 Å². The third kappa shape index (κ3) is 2.21. The molecule has 0 saturated heterocycles. The predicted octanol–water partition coefficient (Wildman–Crippen LogP) is 5.54. The van der Waals surface area contributed by atoms with Crippen molar-refractivity contribution in [2.75, 3.05) is 0 Å². The van der Waals surface area contributed by atoms with Gasteiger partial charge in [0.2, 0.25) is 0 Å². The highest BCUT2D eigenvalue weighted by Gasteiger charge is 2.52. The fraction of sp³-hybridized carbons (Fsp3) is 0.444. The van der Waals surface area contributed by atoms with Gasteiger partial charge in [0.25, 0.3) is 0 Å². The molecule has 0 spiro atoms. The van der Waals surface area contributed by atoms with Crippen LogP contribution in [0.4, 0.5) is 0 Å². The zero-order valence-electron chi connectivity index (χ0n) is 13.3. The van der Waals surface area contributed by atoms with Crippen LogP contribution < -0.4 is 5.19 Å². The van der Waals surface area contributed by atoms with Crippen LogP contribution in [0.2, 0.25) is 11.1 Å². The molecule has 0 nitrogen and oxygen atoms in total. The summed E-state index contributed by atoms with van der Waals surface area (Å²) in [6.45, 7) is 11.3. The number of allylic oxidation sites excluding steroid dienone is 4. The Morgan fingerprint density at radius 2 is 1.70 bits per heavy atom. The molecule has 1 aliphatic rings. The van der Waals surface area contributed by atoms with Gasteiger partial charge in [0.15, 0.2) is 7.38 Å². The van der Waals surface area contributed by atoms with Crippen LogP contribution in [0.25, 0.3) is 0 Å². The topological polar surface area (TPSA) is 0 Å². The maximum atomic E-state index is 7.40. The van der Waals surface area contributed by atoms with Gasteiger partial charge in [-0.25, -0.2) is 0 Å². The fourth-order valence-electron chi connectivity index (χ4n) is 3.50. The van der Waals surface area contributed by atoms with E-state index in [-0.39, 0.29) is 5.04 Å². The second-order valence-electron chi connectivity index (χ2n) is 6.20. The van der Waals surface area contributed by atoms with Gasteiger partial charge < -0.3 is 0 Å². The van der Waals surface area contributed by atoms with Crippen molar-refractivity contribution in [1.29, 1.82) is 0 Å². The lowest BCUT2D eigenvalue weighted by Crippen LogP contribution is -2.51. The first-order chi connectivity index (χ1) is 9.37. The maximum Gasteiger partial charge on any atom is 0.200 e. The van der Waals surface area contributed by atoms with Crippen LogP contribution in [0.1, 0.15) is 41.0 Å². The first kappa shape index (κ1) is 15.6. The SMILES string of the molecule is CCC[Si](Cl)(c1ccccc1)C1(C)C=C(C)C(C)=C1C. The summed E-state index contributed by atoms with van der Waals surface area (Å²) in [7, 11) is -2.13. The lowest BCUT2D eigenvalue weighted by atomic mass is 10.0. The van der Waals surface area contributed by atoms with Gasteiger partial charge in [-0.1, -0.05) is 67.8 Å². The first-order valence-electron chi connectivity index (χ1n) is 7.49. The van der Waals surface area contributed by atoms with Crippen molar-refractivity contribution < 1.29 is 0 Å². The van der Waals surface area contributed by atoms with Crippen LogP contribution in [-0.4, -0.2) is 7.38 Å². The molecule has 2 atom stereocenters. The van der Waals surface area contributed by atoms with Crippen molar-refractivity contribution >= 4 is 23.6 Å². The van der Waals surface area contributed by atoms with Gasteiger partial charge in [0.1, 0.15) is 0 Å². The summed E-state index contributed by atoms with van der Waals surface area (Å²) < 4.78 is 0. The summed E-state index contributed by atoms with van der Waals surface area (Å²) in [6.07, 6.45) is 3.57. The molecular formula is C18H25ClSi. The standard InChI is InChI=1S/C18H25ClSi/c1-6-12-20(19,17-10-8-7-9-11-17)18(5)13-14(2)15(3)16(18)4/h7-11,13H,6,12H2,1-5H3. The molecule has 0 radical (unpaired) electrons. The van der Waals surface area contributed by atoms with Crippen LogP contribution in [0.3, 0.4) is 0 Å². The molecular weight excluding hydrogens is 280 g/mol. The van der Waals surface area contributed by atoms with Crippen molar-refractivity contribution in [3.05, 3.63) is 53.1 Å². The van der Waals surface area contributed by atoms with E-state index in [1.54, 1.807) is 0 Å². The van der Waals surface area contributed by atoms with E-state index in [0.717, 1.165) is 12.5 Å². The van der Waals surface area contributed by atoms with E-state index in [9.17, 15) is 0 Å². The summed E-state index contributed by atoms with van der Waals surface area (Å²) in [6, 6.07) is 11.9. The van der Waals surface area contributed by atoms with Crippen LogP contribution >= 0.6 is 11.1 Å². The summed E-state index contributed by atoms with van der Waals surface area (Å²) in [5.41, 5.74) is 4.29. The smallest absolute Gasteiger partial charge is 0.160 e. The summed E-state index contributed by atoms with van der Waals surface area (Å²) >= 11 is 7.40. The molecule has 2 rings (SSSR count). The molecule has 1 aromatic rings. The summed E-state index contributed by atoms with van der Waals surface area (Å²) in [5, 5.41) is 1.39. The Morgan fingerprint density at radius 1 is 1.10 bits per heavy atom. The Bertz CT molecular complexity index is 558. The quantitative estimate of drug-likeness (QED) is 0.506. The highest BCUT2D eigenvalue weighted by atomic mass is 35.6. The number of rotatable bonds is 4. The van der Waals surface area contributed by atoms with Gasteiger partial charge in [0.05, 0.1) is 0 Å². The van der Waals surface area contributed by atoms with Crippen molar-refractivity contribution in [3.63, 3.8) is 0 Å². The number of benzene rings is 1. The highest BCUT2D eigenvalue weighted by Crippen LogP contribution is 2.55. The Balaban J connectivity index is 2.61. The van der Waals surface area contributed by atoms with Crippen LogP contribution in [0.5, 0.6) is 0 Å². The van der Waals surface area contributed by atoms with Crippen molar-refractivity contribution in [1.82, 2.24) is 0 Å².